The van der Waals surface area contributed by atoms with E-state index in [9.17, 15) is 0 Å². The van der Waals surface area contributed by atoms with Gasteiger partial charge in [-0.1, -0.05) is 26.0 Å². The molecule has 0 amide bonds. The third-order valence-electron chi connectivity index (χ3n) is 3.13. The molecule has 0 aliphatic heterocycles. The van der Waals surface area contributed by atoms with E-state index < -0.39 is 0 Å². The van der Waals surface area contributed by atoms with Crippen LogP contribution in [-0.2, 0) is 6.61 Å². The molecule has 1 N–H and O–H groups in total. The molecule has 1 unspecified atom stereocenters. The van der Waals surface area contributed by atoms with Crippen LogP contribution in [0.4, 0.5) is 0 Å². The smallest absolute Gasteiger partial charge is 0.321 e. The highest BCUT2D eigenvalue weighted by molar-refractivity contribution is 5.30. The molecule has 0 spiro atoms. The van der Waals surface area contributed by atoms with E-state index in [1.807, 2.05) is 12.1 Å². The zero-order valence-electron chi connectivity index (χ0n) is 11.2. The molecule has 0 saturated carbocycles. The summed E-state index contributed by atoms with van der Waals surface area (Å²) in [5.41, 5.74) is 1.96. The number of aliphatic hydroxyl groups is 1. The van der Waals surface area contributed by atoms with Crippen molar-refractivity contribution in [3.05, 3.63) is 47.8 Å². The molecule has 0 saturated heterocycles. The molecule has 1 aromatic heterocycles. The summed E-state index contributed by atoms with van der Waals surface area (Å²) in [6, 6.07) is 8.25. The van der Waals surface area contributed by atoms with Gasteiger partial charge in [0.15, 0.2) is 0 Å². The van der Waals surface area contributed by atoms with Gasteiger partial charge in [0.2, 0.25) is 0 Å². The molecular formula is C15H18N2O2. The molecule has 2 rings (SSSR count). The van der Waals surface area contributed by atoms with Gasteiger partial charge in [-0.25, -0.2) is 9.97 Å². The van der Waals surface area contributed by atoms with Gasteiger partial charge in [0.1, 0.15) is 5.75 Å². The summed E-state index contributed by atoms with van der Waals surface area (Å²) in [6.45, 7) is 4.31. The van der Waals surface area contributed by atoms with Crippen molar-refractivity contribution in [2.24, 2.45) is 0 Å². The largest absolute Gasteiger partial charge is 0.424 e. The molecule has 100 valence electrons. The predicted octanol–water partition coefficient (Wildman–Crippen LogP) is 3.27. The molecule has 4 heteroatoms. The Labute approximate surface area is 113 Å². The molecule has 2 aromatic rings. The summed E-state index contributed by atoms with van der Waals surface area (Å²) >= 11 is 0. The molecule has 0 bridgehead atoms. The van der Waals surface area contributed by atoms with E-state index in [0.29, 0.717) is 17.2 Å². The topological polar surface area (TPSA) is 55.2 Å². The number of rotatable bonds is 5. The van der Waals surface area contributed by atoms with Crippen LogP contribution in [0.15, 0.2) is 36.7 Å². The Morgan fingerprint density at radius 2 is 1.79 bits per heavy atom. The number of nitrogens with zero attached hydrogens (tertiary/aromatic N) is 2. The molecule has 1 atom stereocenters. The van der Waals surface area contributed by atoms with Gasteiger partial charge in [-0.15, -0.1) is 0 Å². The molecular weight excluding hydrogens is 240 g/mol. The summed E-state index contributed by atoms with van der Waals surface area (Å²) in [4.78, 5) is 8.05. The maximum absolute atomic E-state index is 8.90. The Morgan fingerprint density at radius 3 is 2.32 bits per heavy atom. The van der Waals surface area contributed by atoms with Gasteiger partial charge in [-0.3, -0.25) is 0 Å². The quantitative estimate of drug-likeness (QED) is 0.894. The molecule has 0 fully saturated rings. The third-order valence-corrected chi connectivity index (χ3v) is 3.13. The van der Waals surface area contributed by atoms with Crippen molar-refractivity contribution in [3.63, 3.8) is 0 Å². The first-order valence-corrected chi connectivity index (χ1v) is 6.42. The summed E-state index contributed by atoms with van der Waals surface area (Å²) in [6.07, 6.45) is 4.22. The molecule has 0 aliphatic carbocycles. The van der Waals surface area contributed by atoms with Gasteiger partial charge >= 0.3 is 6.01 Å². The highest BCUT2D eigenvalue weighted by Gasteiger charge is 2.04. The summed E-state index contributed by atoms with van der Waals surface area (Å²) in [5.74, 6) is 1.26. The van der Waals surface area contributed by atoms with Crippen molar-refractivity contribution in [1.82, 2.24) is 9.97 Å². The number of aromatic nitrogens is 2. The number of aliphatic hydroxyl groups excluding tert-OH is 1. The fourth-order valence-electron chi connectivity index (χ4n) is 1.68. The average molecular weight is 258 g/mol. The van der Waals surface area contributed by atoms with Crippen molar-refractivity contribution in [1.29, 1.82) is 0 Å². The number of benzene rings is 1. The van der Waals surface area contributed by atoms with Crippen LogP contribution in [0.3, 0.4) is 0 Å². The Morgan fingerprint density at radius 1 is 1.16 bits per heavy atom. The predicted molar refractivity (Wildman–Crippen MR) is 73.2 cm³/mol. The zero-order valence-corrected chi connectivity index (χ0v) is 11.2. The monoisotopic (exact) mass is 258 g/mol. The molecule has 4 nitrogen and oxygen atoms in total. The van der Waals surface area contributed by atoms with E-state index in [2.05, 4.69) is 35.9 Å². The van der Waals surface area contributed by atoms with Crippen molar-refractivity contribution in [2.45, 2.75) is 32.8 Å². The average Bonchev–Trinajstić information content (AvgIpc) is 2.48. The molecule has 1 heterocycles. The maximum Gasteiger partial charge on any atom is 0.321 e. The molecule has 19 heavy (non-hydrogen) atoms. The minimum Gasteiger partial charge on any atom is -0.424 e. The Hall–Kier alpha value is -1.94. The van der Waals surface area contributed by atoms with Crippen molar-refractivity contribution in [2.75, 3.05) is 0 Å². The van der Waals surface area contributed by atoms with Gasteiger partial charge in [-0.05, 0) is 30.0 Å². The van der Waals surface area contributed by atoms with Crippen LogP contribution in [0.2, 0.25) is 0 Å². The SMILES string of the molecule is CCC(C)c1ccc(Oc2ncc(CO)cn2)cc1. The number of hydrogen-bond donors (Lipinski definition) is 1. The summed E-state index contributed by atoms with van der Waals surface area (Å²) in [5, 5.41) is 8.90. The van der Waals surface area contributed by atoms with E-state index in [1.165, 1.54) is 5.56 Å². The lowest BCUT2D eigenvalue weighted by Crippen LogP contribution is -1.95. The Bertz CT molecular complexity index is 509. The fourth-order valence-corrected chi connectivity index (χ4v) is 1.68. The van der Waals surface area contributed by atoms with E-state index in [1.54, 1.807) is 12.4 Å². The first kappa shape index (κ1) is 13.5. The molecule has 1 aromatic carbocycles. The van der Waals surface area contributed by atoms with Crippen molar-refractivity contribution < 1.29 is 9.84 Å². The van der Waals surface area contributed by atoms with Crippen LogP contribution >= 0.6 is 0 Å². The number of hydrogen-bond acceptors (Lipinski definition) is 4. The van der Waals surface area contributed by atoms with Crippen LogP contribution in [-0.4, -0.2) is 15.1 Å². The molecule has 0 radical (unpaired) electrons. The van der Waals surface area contributed by atoms with Gasteiger partial charge in [0.05, 0.1) is 6.61 Å². The Balaban J connectivity index is 2.06. The van der Waals surface area contributed by atoms with E-state index in [-0.39, 0.29) is 12.6 Å². The number of ether oxygens (including phenoxy) is 1. The fraction of sp³-hybridized carbons (Fsp3) is 0.333. The standard InChI is InChI=1S/C15H18N2O2/c1-3-11(2)13-4-6-14(7-5-13)19-15-16-8-12(10-18)9-17-15/h4-9,11,18H,3,10H2,1-2H3. The summed E-state index contributed by atoms with van der Waals surface area (Å²) < 4.78 is 5.54. The Kier molecular flexibility index (Phi) is 4.47. The van der Waals surface area contributed by atoms with Crippen LogP contribution < -0.4 is 4.74 Å². The van der Waals surface area contributed by atoms with Crippen LogP contribution in [0.5, 0.6) is 11.8 Å². The lowest BCUT2D eigenvalue weighted by atomic mass is 9.99. The lowest BCUT2D eigenvalue weighted by Gasteiger charge is -2.09. The lowest BCUT2D eigenvalue weighted by molar-refractivity contribution is 0.280. The zero-order chi connectivity index (χ0) is 13.7. The van der Waals surface area contributed by atoms with E-state index in [0.717, 1.165) is 6.42 Å². The van der Waals surface area contributed by atoms with Crippen LogP contribution in [0.1, 0.15) is 37.3 Å². The van der Waals surface area contributed by atoms with Crippen molar-refractivity contribution >= 4 is 0 Å². The second-order valence-corrected chi connectivity index (χ2v) is 4.51. The highest BCUT2D eigenvalue weighted by atomic mass is 16.5. The first-order valence-electron chi connectivity index (χ1n) is 6.42. The summed E-state index contributed by atoms with van der Waals surface area (Å²) in [7, 11) is 0. The second-order valence-electron chi connectivity index (χ2n) is 4.51. The van der Waals surface area contributed by atoms with E-state index >= 15 is 0 Å². The van der Waals surface area contributed by atoms with Gasteiger partial charge < -0.3 is 9.84 Å². The van der Waals surface area contributed by atoms with Gasteiger partial charge in [0, 0.05) is 18.0 Å². The van der Waals surface area contributed by atoms with Crippen molar-refractivity contribution in [3.8, 4) is 11.8 Å². The minimum atomic E-state index is -0.0656. The van der Waals surface area contributed by atoms with Crippen LogP contribution in [0.25, 0.3) is 0 Å². The van der Waals surface area contributed by atoms with Gasteiger partial charge in [0.25, 0.3) is 0 Å². The normalized spacial score (nSPS) is 12.2. The molecule has 0 aliphatic rings. The second kappa shape index (κ2) is 6.29. The van der Waals surface area contributed by atoms with E-state index in [4.69, 9.17) is 9.84 Å². The maximum atomic E-state index is 8.90. The highest BCUT2D eigenvalue weighted by Crippen LogP contribution is 2.23. The van der Waals surface area contributed by atoms with Crippen LogP contribution in [0, 0.1) is 0 Å². The first-order chi connectivity index (χ1) is 9.22. The van der Waals surface area contributed by atoms with Gasteiger partial charge in [-0.2, -0.15) is 0 Å². The third kappa shape index (κ3) is 3.51. The minimum absolute atomic E-state index is 0.0656.